The number of rotatable bonds is 4. The molecule has 0 spiro atoms. The van der Waals surface area contributed by atoms with Crippen LogP contribution in [0.1, 0.15) is 0 Å². The minimum absolute atomic E-state index is 0.660. The Bertz CT molecular complexity index is 3120. The summed E-state index contributed by atoms with van der Waals surface area (Å²) in [6, 6.07) is 59.6. The Balaban J connectivity index is 1.17. The summed E-state index contributed by atoms with van der Waals surface area (Å²) in [5.74, 6) is 0.660. The number of furan rings is 1. The molecule has 238 valence electrons. The highest BCUT2D eigenvalue weighted by Gasteiger charge is 2.22. The Labute approximate surface area is 292 Å². The Hall–Kier alpha value is -6.98. The van der Waals surface area contributed by atoms with E-state index in [1.54, 1.807) is 0 Å². The zero-order valence-electron chi connectivity index (χ0n) is 27.4. The van der Waals surface area contributed by atoms with E-state index in [9.17, 15) is 0 Å². The van der Waals surface area contributed by atoms with Crippen LogP contribution in [-0.2, 0) is 0 Å². The molecule has 11 rings (SSSR count). The Kier molecular flexibility index (Phi) is 5.89. The van der Waals surface area contributed by atoms with Gasteiger partial charge >= 0.3 is 0 Å². The predicted octanol–water partition coefficient (Wildman–Crippen LogP) is 11.9. The second kappa shape index (κ2) is 10.8. The van der Waals surface area contributed by atoms with Crippen LogP contribution in [0.5, 0.6) is 0 Å². The number of aromatic nitrogens is 4. The summed E-state index contributed by atoms with van der Waals surface area (Å²) in [6.45, 7) is 0. The van der Waals surface area contributed by atoms with Crippen LogP contribution in [0.4, 0.5) is 0 Å². The monoisotopic (exact) mass is 652 g/mol. The Morgan fingerprint density at radius 3 is 1.57 bits per heavy atom. The van der Waals surface area contributed by atoms with E-state index in [4.69, 9.17) is 14.4 Å². The van der Waals surface area contributed by atoms with Crippen molar-refractivity contribution in [3.05, 3.63) is 170 Å². The van der Waals surface area contributed by atoms with E-state index in [0.717, 1.165) is 50.2 Å². The van der Waals surface area contributed by atoms with Crippen molar-refractivity contribution in [3.8, 4) is 34.0 Å². The van der Waals surface area contributed by atoms with Gasteiger partial charge in [0.05, 0.1) is 22.1 Å². The third-order valence-electron chi connectivity index (χ3n) is 10.1. The van der Waals surface area contributed by atoms with Crippen molar-refractivity contribution < 1.29 is 4.42 Å². The average Bonchev–Trinajstić information content (AvgIpc) is 3.86. The molecule has 0 aliphatic rings. The van der Waals surface area contributed by atoms with Crippen LogP contribution >= 0.6 is 0 Å². The van der Waals surface area contributed by atoms with Crippen LogP contribution in [0.3, 0.4) is 0 Å². The lowest BCUT2D eigenvalue weighted by molar-refractivity contribution is 0.667. The summed E-state index contributed by atoms with van der Waals surface area (Å²) < 4.78 is 11.2. The maximum absolute atomic E-state index is 6.35. The molecule has 5 nitrogen and oxygen atoms in total. The highest BCUT2D eigenvalue weighted by Crippen LogP contribution is 2.42. The molecule has 0 fully saturated rings. The molecule has 0 radical (unpaired) electrons. The minimum Gasteiger partial charge on any atom is -0.452 e. The standard InChI is InChI=1S/C46H28N4O/c1-3-13-29(14-4-1)41-45-42(37-19-9-12-22-40(37)51-45)48-46(47-41)30-23-25-32(26-24-30)50-39-21-11-8-18-34(39)36-28-27-35-33-17-7-10-20-38(33)49(43(35)44(36)50)31-15-5-2-6-16-31/h1-28H. The molecular formula is C46H28N4O. The molecule has 11 aromatic rings. The zero-order chi connectivity index (χ0) is 33.5. The topological polar surface area (TPSA) is 48.8 Å². The summed E-state index contributed by atoms with van der Waals surface area (Å²) >= 11 is 0. The lowest BCUT2D eigenvalue weighted by atomic mass is 10.1. The molecule has 7 aromatic carbocycles. The molecule has 0 amide bonds. The first-order valence-corrected chi connectivity index (χ1v) is 17.2. The fraction of sp³-hybridized carbons (Fsp3) is 0. The Morgan fingerprint density at radius 2 is 0.922 bits per heavy atom. The van der Waals surface area contributed by atoms with Gasteiger partial charge in [-0.3, -0.25) is 0 Å². The van der Waals surface area contributed by atoms with E-state index in [1.807, 2.05) is 36.4 Å². The summed E-state index contributed by atoms with van der Waals surface area (Å²) in [7, 11) is 0. The second-order valence-corrected chi connectivity index (χ2v) is 13.0. The van der Waals surface area contributed by atoms with Crippen molar-refractivity contribution in [2.24, 2.45) is 0 Å². The first kappa shape index (κ1) is 27.9. The highest BCUT2D eigenvalue weighted by molar-refractivity contribution is 6.23. The number of hydrogen-bond donors (Lipinski definition) is 0. The molecule has 4 heterocycles. The largest absolute Gasteiger partial charge is 0.452 e. The molecule has 0 saturated heterocycles. The number of benzene rings is 7. The van der Waals surface area contributed by atoms with Crippen LogP contribution in [0.25, 0.3) is 99.7 Å². The van der Waals surface area contributed by atoms with Gasteiger partial charge in [0.1, 0.15) is 16.8 Å². The fourth-order valence-electron chi connectivity index (χ4n) is 7.89. The van der Waals surface area contributed by atoms with Gasteiger partial charge in [0.2, 0.25) is 0 Å². The van der Waals surface area contributed by atoms with Crippen molar-refractivity contribution in [2.45, 2.75) is 0 Å². The van der Waals surface area contributed by atoms with Gasteiger partial charge in [-0.2, -0.15) is 0 Å². The molecule has 51 heavy (non-hydrogen) atoms. The van der Waals surface area contributed by atoms with Crippen LogP contribution in [0.15, 0.2) is 174 Å². The molecule has 5 heteroatoms. The van der Waals surface area contributed by atoms with E-state index in [1.165, 1.54) is 38.1 Å². The highest BCUT2D eigenvalue weighted by atomic mass is 16.3. The van der Waals surface area contributed by atoms with E-state index >= 15 is 0 Å². The molecule has 0 atom stereocenters. The number of para-hydroxylation sites is 4. The van der Waals surface area contributed by atoms with E-state index in [2.05, 4.69) is 143 Å². The third kappa shape index (κ3) is 4.09. The predicted molar refractivity (Wildman–Crippen MR) is 209 cm³/mol. The summed E-state index contributed by atoms with van der Waals surface area (Å²) in [5, 5.41) is 5.88. The molecule has 0 aliphatic carbocycles. The summed E-state index contributed by atoms with van der Waals surface area (Å²) in [4.78, 5) is 10.2. The van der Waals surface area contributed by atoms with Crippen molar-refractivity contribution in [3.63, 3.8) is 0 Å². The van der Waals surface area contributed by atoms with Gasteiger partial charge in [-0.25, -0.2) is 9.97 Å². The molecular weight excluding hydrogens is 625 g/mol. The smallest absolute Gasteiger partial charge is 0.180 e. The second-order valence-electron chi connectivity index (χ2n) is 13.0. The van der Waals surface area contributed by atoms with Crippen LogP contribution in [0, 0.1) is 0 Å². The van der Waals surface area contributed by atoms with Crippen molar-refractivity contribution in [1.29, 1.82) is 0 Å². The van der Waals surface area contributed by atoms with Crippen LogP contribution in [-0.4, -0.2) is 19.1 Å². The van der Waals surface area contributed by atoms with Crippen LogP contribution in [0.2, 0.25) is 0 Å². The number of fused-ring (bicyclic) bond motifs is 10. The van der Waals surface area contributed by atoms with E-state index in [0.29, 0.717) is 11.4 Å². The fourth-order valence-corrected chi connectivity index (χ4v) is 7.89. The normalized spacial score (nSPS) is 11.9. The van der Waals surface area contributed by atoms with Gasteiger partial charge in [0, 0.05) is 49.4 Å². The lowest BCUT2D eigenvalue weighted by Gasteiger charge is -2.13. The first-order chi connectivity index (χ1) is 25.3. The Morgan fingerprint density at radius 1 is 0.392 bits per heavy atom. The number of nitrogens with zero attached hydrogens (tertiary/aromatic N) is 4. The van der Waals surface area contributed by atoms with Gasteiger partial charge in [-0.15, -0.1) is 0 Å². The van der Waals surface area contributed by atoms with Crippen molar-refractivity contribution in [1.82, 2.24) is 19.1 Å². The molecule has 0 bridgehead atoms. The maximum atomic E-state index is 6.35. The quantitative estimate of drug-likeness (QED) is 0.190. The van der Waals surface area contributed by atoms with Gasteiger partial charge in [0.25, 0.3) is 0 Å². The van der Waals surface area contributed by atoms with Crippen LogP contribution < -0.4 is 0 Å². The zero-order valence-corrected chi connectivity index (χ0v) is 27.4. The molecule has 0 saturated carbocycles. The SMILES string of the molecule is c1ccc(-c2nc(-c3ccc(-n4c5ccccc5c5ccc6c7ccccc7n(-c7ccccc7)c6c54)cc3)nc3c2oc2ccccc23)cc1. The minimum atomic E-state index is 0.660. The van der Waals surface area contributed by atoms with Gasteiger partial charge < -0.3 is 13.6 Å². The molecule has 0 aliphatic heterocycles. The van der Waals surface area contributed by atoms with E-state index in [-0.39, 0.29) is 0 Å². The first-order valence-electron chi connectivity index (χ1n) is 17.2. The summed E-state index contributed by atoms with van der Waals surface area (Å²) in [6.07, 6.45) is 0. The molecule has 0 unspecified atom stereocenters. The van der Waals surface area contributed by atoms with Gasteiger partial charge in [-0.05, 0) is 60.7 Å². The van der Waals surface area contributed by atoms with Gasteiger partial charge in [-0.1, -0.05) is 109 Å². The maximum Gasteiger partial charge on any atom is 0.180 e. The third-order valence-corrected chi connectivity index (χ3v) is 10.1. The van der Waals surface area contributed by atoms with E-state index < -0.39 is 0 Å². The lowest BCUT2D eigenvalue weighted by Crippen LogP contribution is -1.99. The average molecular weight is 653 g/mol. The van der Waals surface area contributed by atoms with Crippen molar-refractivity contribution in [2.75, 3.05) is 0 Å². The molecule has 4 aromatic heterocycles. The number of hydrogen-bond acceptors (Lipinski definition) is 3. The molecule has 0 N–H and O–H groups in total. The van der Waals surface area contributed by atoms with Gasteiger partial charge in [0.15, 0.2) is 11.4 Å². The summed E-state index contributed by atoms with van der Waals surface area (Å²) in [5.41, 5.74) is 12.0. The van der Waals surface area contributed by atoms with Crippen molar-refractivity contribution >= 4 is 65.7 Å².